The second-order valence-corrected chi connectivity index (χ2v) is 10.2. The number of ether oxygens (including phenoxy) is 3. The normalized spacial score (nSPS) is 10.8. The van der Waals surface area contributed by atoms with Crippen molar-refractivity contribution in [2.24, 2.45) is 0 Å². The third-order valence-corrected chi connectivity index (χ3v) is 6.96. The number of nitrogens with zero attached hydrogens (tertiary/aromatic N) is 2. The van der Waals surface area contributed by atoms with Crippen LogP contribution in [0, 0.1) is 6.92 Å². The standard InChI is InChI=1S/C34H38N2O7/c1-4-5-7-12-26-21-30(41-20-19-31-24(2)42-33(35-31)25-10-8-6-9-11-25)14-13-27(26)22-36(23-32(37)38)34(39)43-29-17-15-28(40-3)16-18-29/h6,8-11,13-18,21H,4-5,7,12,19-20,22-23H2,1-3H3,(H,37,38). The fourth-order valence-corrected chi connectivity index (χ4v) is 4.64. The molecular formula is C34H38N2O7. The van der Waals surface area contributed by atoms with Crippen molar-refractivity contribution in [2.75, 3.05) is 20.3 Å². The number of hydrogen-bond acceptors (Lipinski definition) is 7. The van der Waals surface area contributed by atoms with Crippen molar-refractivity contribution >= 4 is 12.1 Å². The van der Waals surface area contributed by atoms with E-state index in [4.69, 9.17) is 18.6 Å². The molecule has 9 nitrogen and oxygen atoms in total. The minimum atomic E-state index is -1.13. The number of aromatic nitrogens is 1. The molecule has 4 aromatic rings. The van der Waals surface area contributed by atoms with E-state index in [1.807, 2.05) is 55.5 Å². The van der Waals surface area contributed by atoms with Crippen LogP contribution in [0.25, 0.3) is 11.5 Å². The van der Waals surface area contributed by atoms with Crippen molar-refractivity contribution in [1.29, 1.82) is 0 Å². The fourth-order valence-electron chi connectivity index (χ4n) is 4.64. The van der Waals surface area contributed by atoms with E-state index in [9.17, 15) is 14.7 Å². The Morgan fingerprint density at radius 3 is 2.33 bits per heavy atom. The molecule has 0 aliphatic carbocycles. The maximum absolute atomic E-state index is 13.0. The van der Waals surface area contributed by atoms with Crippen LogP contribution in [0.2, 0.25) is 0 Å². The minimum absolute atomic E-state index is 0.0867. The summed E-state index contributed by atoms with van der Waals surface area (Å²) in [6.45, 7) is 4.04. The van der Waals surface area contributed by atoms with Crippen LogP contribution in [-0.2, 0) is 24.2 Å². The number of carboxylic acids is 1. The Kier molecular flexibility index (Phi) is 11.2. The molecule has 0 fully saturated rings. The summed E-state index contributed by atoms with van der Waals surface area (Å²) < 4.78 is 22.6. The molecule has 1 heterocycles. The van der Waals surface area contributed by atoms with Crippen molar-refractivity contribution in [1.82, 2.24) is 9.88 Å². The zero-order valence-electron chi connectivity index (χ0n) is 24.9. The number of amides is 1. The number of rotatable bonds is 15. The number of methoxy groups -OCH3 is 1. The Labute approximate surface area is 252 Å². The Morgan fingerprint density at radius 1 is 0.907 bits per heavy atom. The molecule has 0 radical (unpaired) electrons. The van der Waals surface area contributed by atoms with Gasteiger partial charge in [-0.05, 0) is 79.4 Å². The lowest BCUT2D eigenvalue weighted by Crippen LogP contribution is -2.37. The molecule has 0 saturated carbocycles. The van der Waals surface area contributed by atoms with Gasteiger partial charge in [-0.2, -0.15) is 0 Å². The Morgan fingerprint density at radius 2 is 1.63 bits per heavy atom. The number of aryl methyl sites for hydroxylation is 2. The van der Waals surface area contributed by atoms with Crippen LogP contribution in [0.3, 0.4) is 0 Å². The number of oxazole rings is 1. The van der Waals surface area contributed by atoms with Crippen LogP contribution in [0.5, 0.6) is 17.2 Å². The molecule has 0 spiro atoms. The fraction of sp³-hybridized carbons (Fsp3) is 0.324. The van der Waals surface area contributed by atoms with E-state index in [2.05, 4.69) is 11.9 Å². The van der Waals surface area contributed by atoms with Gasteiger partial charge in [0.25, 0.3) is 0 Å². The molecule has 3 aromatic carbocycles. The highest BCUT2D eigenvalue weighted by atomic mass is 16.6. The number of benzene rings is 3. The number of carbonyl (C=O) groups is 2. The van der Waals surface area contributed by atoms with E-state index >= 15 is 0 Å². The maximum atomic E-state index is 13.0. The summed E-state index contributed by atoms with van der Waals surface area (Å²) in [4.78, 5) is 30.5. The summed E-state index contributed by atoms with van der Waals surface area (Å²) >= 11 is 0. The van der Waals surface area contributed by atoms with Crippen molar-refractivity contribution < 1.29 is 33.3 Å². The van der Waals surface area contributed by atoms with Gasteiger partial charge in [0, 0.05) is 18.5 Å². The molecule has 0 aliphatic rings. The smallest absolute Gasteiger partial charge is 0.416 e. The van der Waals surface area contributed by atoms with E-state index in [1.54, 1.807) is 31.4 Å². The molecule has 43 heavy (non-hydrogen) atoms. The predicted octanol–water partition coefficient (Wildman–Crippen LogP) is 7.10. The Balaban J connectivity index is 1.45. The van der Waals surface area contributed by atoms with Crippen molar-refractivity contribution in [2.45, 2.75) is 52.5 Å². The van der Waals surface area contributed by atoms with Crippen LogP contribution < -0.4 is 14.2 Å². The molecular weight excluding hydrogens is 548 g/mol. The summed E-state index contributed by atoms with van der Waals surface area (Å²) in [6, 6.07) is 22.0. The predicted molar refractivity (Wildman–Crippen MR) is 163 cm³/mol. The van der Waals surface area contributed by atoms with Crippen LogP contribution in [0.1, 0.15) is 48.8 Å². The monoisotopic (exact) mass is 586 g/mol. The van der Waals surface area contributed by atoms with Gasteiger partial charge in [-0.25, -0.2) is 9.78 Å². The third-order valence-electron chi connectivity index (χ3n) is 6.96. The highest BCUT2D eigenvalue weighted by Crippen LogP contribution is 2.25. The third kappa shape index (κ3) is 9.10. The van der Waals surface area contributed by atoms with E-state index in [0.717, 1.165) is 53.8 Å². The summed E-state index contributed by atoms with van der Waals surface area (Å²) in [5, 5.41) is 9.51. The molecule has 1 amide bonds. The summed E-state index contributed by atoms with van der Waals surface area (Å²) in [6.07, 6.45) is 3.69. The van der Waals surface area contributed by atoms with Gasteiger partial charge in [0.15, 0.2) is 0 Å². The average Bonchev–Trinajstić information content (AvgIpc) is 3.38. The van der Waals surface area contributed by atoms with Gasteiger partial charge in [0.05, 0.1) is 19.4 Å². The first-order valence-corrected chi connectivity index (χ1v) is 14.4. The van der Waals surface area contributed by atoms with Gasteiger partial charge >= 0.3 is 12.1 Å². The molecule has 0 aliphatic heterocycles. The molecule has 9 heteroatoms. The van der Waals surface area contributed by atoms with Gasteiger partial charge in [-0.3, -0.25) is 9.69 Å². The van der Waals surface area contributed by atoms with Gasteiger partial charge in [-0.1, -0.05) is 44.0 Å². The van der Waals surface area contributed by atoms with Gasteiger partial charge in [0.1, 0.15) is 29.6 Å². The van der Waals surface area contributed by atoms with Gasteiger partial charge < -0.3 is 23.7 Å². The topological polar surface area (TPSA) is 111 Å². The first-order valence-electron chi connectivity index (χ1n) is 14.4. The number of aliphatic carboxylic acids is 1. The van der Waals surface area contributed by atoms with Crippen LogP contribution >= 0.6 is 0 Å². The molecule has 0 unspecified atom stereocenters. The second-order valence-electron chi connectivity index (χ2n) is 10.2. The number of hydrogen-bond donors (Lipinski definition) is 1. The lowest BCUT2D eigenvalue weighted by molar-refractivity contribution is -0.138. The Hall–Kier alpha value is -4.79. The lowest BCUT2D eigenvalue weighted by atomic mass is 10.0. The molecule has 0 bridgehead atoms. The molecule has 1 N–H and O–H groups in total. The quantitative estimate of drug-likeness (QED) is 0.147. The van der Waals surface area contributed by atoms with Crippen molar-refractivity contribution in [3.8, 4) is 28.7 Å². The molecule has 4 rings (SSSR count). The maximum Gasteiger partial charge on any atom is 0.416 e. The zero-order chi connectivity index (χ0) is 30.6. The van der Waals surface area contributed by atoms with E-state index in [0.29, 0.717) is 36.2 Å². The minimum Gasteiger partial charge on any atom is -0.497 e. The highest BCUT2D eigenvalue weighted by molar-refractivity contribution is 5.78. The van der Waals surface area contributed by atoms with E-state index in [-0.39, 0.29) is 6.54 Å². The first-order chi connectivity index (χ1) is 20.9. The molecule has 0 saturated heterocycles. The zero-order valence-corrected chi connectivity index (χ0v) is 24.9. The summed E-state index contributed by atoms with van der Waals surface area (Å²) in [5.41, 5.74) is 3.62. The highest BCUT2D eigenvalue weighted by Gasteiger charge is 2.21. The van der Waals surface area contributed by atoms with E-state index < -0.39 is 18.6 Å². The molecule has 1 aromatic heterocycles. The number of carbonyl (C=O) groups excluding carboxylic acids is 1. The van der Waals surface area contributed by atoms with Crippen molar-refractivity contribution in [3.63, 3.8) is 0 Å². The van der Waals surface area contributed by atoms with E-state index in [1.165, 1.54) is 4.90 Å². The lowest BCUT2D eigenvalue weighted by Gasteiger charge is -2.22. The van der Waals surface area contributed by atoms with Crippen LogP contribution in [-0.4, -0.2) is 47.3 Å². The Bertz CT molecular complexity index is 1480. The first kappa shape index (κ1) is 31.2. The van der Waals surface area contributed by atoms with Crippen LogP contribution in [0.4, 0.5) is 4.79 Å². The molecule has 226 valence electrons. The summed E-state index contributed by atoms with van der Waals surface area (Å²) in [7, 11) is 1.54. The second kappa shape index (κ2) is 15.4. The van der Waals surface area contributed by atoms with Gasteiger partial charge in [0.2, 0.25) is 5.89 Å². The van der Waals surface area contributed by atoms with Crippen LogP contribution in [0.15, 0.2) is 77.2 Å². The van der Waals surface area contributed by atoms with Gasteiger partial charge in [-0.15, -0.1) is 0 Å². The number of unbranched alkanes of at least 4 members (excludes halogenated alkanes) is 2. The summed E-state index contributed by atoms with van der Waals surface area (Å²) in [5.74, 6) is 1.84. The van der Waals surface area contributed by atoms with Crippen molar-refractivity contribution in [3.05, 3.63) is 95.4 Å². The molecule has 0 atom stereocenters. The number of carboxylic acid groups (broad SMARTS) is 1. The average molecular weight is 587 g/mol. The largest absolute Gasteiger partial charge is 0.497 e. The SMILES string of the molecule is CCCCCc1cc(OCCc2nc(-c3ccccc3)oc2C)ccc1CN(CC(=O)O)C(=O)Oc1ccc(OC)cc1.